The molecule has 0 fully saturated rings. The maximum Gasteiger partial charge on any atom is 0.202 e. The second-order valence-electron chi connectivity index (χ2n) is 5.70. The number of hydrazine groups is 1. The Kier molecular flexibility index (Phi) is 3.38. The van der Waals surface area contributed by atoms with Crippen LogP contribution in [0, 0.1) is 5.92 Å². The lowest BCUT2D eigenvalue weighted by atomic mass is 10.0. The van der Waals surface area contributed by atoms with Gasteiger partial charge in [0.05, 0.1) is 10.6 Å². The molecule has 1 unspecified atom stereocenters. The van der Waals surface area contributed by atoms with Crippen LogP contribution in [0.5, 0.6) is 5.75 Å². The lowest BCUT2D eigenvalue weighted by molar-refractivity contribution is 0.278. The van der Waals surface area contributed by atoms with E-state index < -0.39 is 14.7 Å². The fourth-order valence-electron chi connectivity index (χ4n) is 2.68. The summed E-state index contributed by atoms with van der Waals surface area (Å²) < 4.78 is 26.4. The number of nitrogens with zero attached hydrogens (tertiary/aromatic N) is 1. The highest BCUT2D eigenvalue weighted by Crippen LogP contribution is 2.38. The standard InChI is InChI=1S/C16H18N2O3S/c1-12(2)16(11-13-5-3-4-10-18(13)17-16)22(20,21)15-8-6-14(19)7-9-15/h3-12,17,19H,1-2H3. The van der Waals surface area contributed by atoms with Gasteiger partial charge in [-0.1, -0.05) is 19.9 Å². The molecule has 6 heteroatoms. The Labute approximate surface area is 130 Å². The summed E-state index contributed by atoms with van der Waals surface area (Å²) >= 11 is 0. The van der Waals surface area contributed by atoms with Crippen LogP contribution >= 0.6 is 0 Å². The average Bonchev–Trinajstić information content (AvgIpc) is 2.89. The minimum Gasteiger partial charge on any atom is -0.508 e. The fraction of sp³-hybridized carbons (Fsp3) is 0.250. The SMILES string of the molecule is CC(C)C1(S(=O)(=O)c2ccc(O)cc2)C=C2C=CC=CN2N1. The predicted octanol–water partition coefficient (Wildman–Crippen LogP) is 2.31. The van der Waals surface area contributed by atoms with Crippen molar-refractivity contribution in [3.05, 3.63) is 60.5 Å². The first-order chi connectivity index (χ1) is 10.4. The largest absolute Gasteiger partial charge is 0.508 e. The lowest BCUT2D eigenvalue weighted by Gasteiger charge is -2.33. The maximum absolute atomic E-state index is 13.2. The van der Waals surface area contributed by atoms with E-state index >= 15 is 0 Å². The number of rotatable bonds is 3. The van der Waals surface area contributed by atoms with Gasteiger partial charge in [-0.3, -0.25) is 5.01 Å². The summed E-state index contributed by atoms with van der Waals surface area (Å²) in [6.45, 7) is 3.74. The topological polar surface area (TPSA) is 69.6 Å². The Morgan fingerprint density at radius 2 is 1.86 bits per heavy atom. The van der Waals surface area contributed by atoms with E-state index in [1.165, 1.54) is 24.3 Å². The second-order valence-corrected chi connectivity index (χ2v) is 7.85. The number of phenolic OH excluding ortho intramolecular Hbond substituents is 1. The zero-order chi connectivity index (χ0) is 16.0. The quantitative estimate of drug-likeness (QED) is 0.895. The molecule has 2 N–H and O–H groups in total. The first-order valence-corrected chi connectivity index (χ1v) is 8.53. The zero-order valence-corrected chi connectivity index (χ0v) is 13.2. The molecule has 22 heavy (non-hydrogen) atoms. The third-order valence-corrected chi connectivity index (χ3v) is 6.46. The van der Waals surface area contributed by atoms with E-state index in [4.69, 9.17) is 0 Å². The summed E-state index contributed by atoms with van der Waals surface area (Å²) in [4.78, 5) is -1.05. The molecule has 0 amide bonds. The summed E-state index contributed by atoms with van der Waals surface area (Å²) in [7, 11) is -3.68. The van der Waals surface area contributed by atoms with Crippen LogP contribution in [0.2, 0.25) is 0 Å². The van der Waals surface area contributed by atoms with E-state index in [0.717, 1.165) is 5.70 Å². The number of benzene rings is 1. The Hall–Kier alpha value is -2.05. The third-order valence-electron chi connectivity index (χ3n) is 4.00. The number of phenols is 1. The van der Waals surface area contributed by atoms with Gasteiger partial charge in [-0.2, -0.15) is 0 Å². The molecule has 5 nitrogen and oxygen atoms in total. The molecule has 0 saturated heterocycles. The highest BCUT2D eigenvalue weighted by Gasteiger charge is 2.50. The van der Waals surface area contributed by atoms with Crippen molar-refractivity contribution in [3.8, 4) is 5.75 Å². The Morgan fingerprint density at radius 3 is 2.45 bits per heavy atom. The monoisotopic (exact) mass is 318 g/mol. The highest BCUT2D eigenvalue weighted by molar-refractivity contribution is 7.93. The molecule has 2 aliphatic rings. The smallest absolute Gasteiger partial charge is 0.202 e. The van der Waals surface area contributed by atoms with Crippen molar-refractivity contribution in [1.82, 2.24) is 10.4 Å². The third kappa shape index (κ3) is 2.07. The van der Waals surface area contributed by atoms with Gasteiger partial charge >= 0.3 is 0 Å². The minimum atomic E-state index is -3.68. The molecule has 2 aliphatic heterocycles. The normalized spacial score (nSPS) is 23.8. The van der Waals surface area contributed by atoms with Crippen molar-refractivity contribution < 1.29 is 13.5 Å². The summed E-state index contributed by atoms with van der Waals surface area (Å²) in [5.74, 6) is -0.148. The fourth-order valence-corrected chi connectivity index (χ4v) is 4.68. The molecule has 1 aromatic carbocycles. The van der Waals surface area contributed by atoms with Crippen molar-refractivity contribution in [3.63, 3.8) is 0 Å². The first kappa shape index (κ1) is 14.9. The lowest BCUT2D eigenvalue weighted by Crippen LogP contribution is -2.54. The molecule has 0 radical (unpaired) electrons. The number of hydrogen-bond acceptors (Lipinski definition) is 5. The molecular weight excluding hydrogens is 300 g/mol. The summed E-state index contributed by atoms with van der Waals surface area (Å²) in [5, 5.41) is 11.1. The molecule has 116 valence electrons. The predicted molar refractivity (Wildman–Crippen MR) is 84.2 cm³/mol. The highest BCUT2D eigenvalue weighted by atomic mass is 32.2. The van der Waals surface area contributed by atoms with Gasteiger partial charge in [-0.25, -0.2) is 13.8 Å². The molecule has 0 aromatic heterocycles. The van der Waals surface area contributed by atoms with Gasteiger partial charge < -0.3 is 5.11 Å². The summed E-state index contributed by atoms with van der Waals surface area (Å²) in [6.07, 6.45) is 9.12. The number of allylic oxidation sites excluding steroid dienone is 3. The second kappa shape index (κ2) is 5.00. The maximum atomic E-state index is 13.2. The van der Waals surface area contributed by atoms with Crippen LogP contribution in [0.3, 0.4) is 0 Å². The van der Waals surface area contributed by atoms with E-state index in [2.05, 4.69) is 5.43 Å². The van der Waals surface area contributed by atoms with Gasteiger partial charge in [-0.05, 0) is 48.4 Å². The van der Waals surface area contributed by atoms with Crippen LogP contribution in [-0.2, 0) is 9.84 Å². The molecular formula is C16H18N2O3S. The van der Waals surface area contributed by atoms with Gasteiger partial charge in [0.15, 0.2) is 4.87 Å². The van der Waals surface area contributed by atoms with Crippen molar-refractivity contribution in [2.75, 3.05) is 0 Å². The molecule has 1 aromatic rings. The van der Waals surface area contributed by atoms with Crippen LogP contribution in [0.1, 0.15) is 13.8 Å². The molecule has 0 spiro atoms. The van der Waals surface area contributed by atoms with Gasteiger partial charge in [0.2, 0.25) is 9.84 Å². The van der Waals surface area contributed by atoms with Crippen molar-refractivity contribution in [2.24, 2.45) is 5.92 Å². The Morgan fingerprint density at radius 1 is 1.18 bits per heavy atom. The minimum absolute atomic E-state index is 0.0403. The van der Waals surface area contributed by atoms with Crippen LogP contribution in [0.4, 0.5) is 0 Å². The zero-order valence-electron chi connectivity index (χ0n) is 12.4. The van der Waals surface area contributed by atoms with Crippen LogP contribution < -0.4 is 5.43 Å². The molecule has 0 bridgehead atoms. The van der Waals surface area contributed by atoms with Gasteiger partial charge in [0, 0.05) is 6.20 Å². The van der Waals surface area contributed by atoms with Crippen LogP contribution in [0.25, 0.3) is 0 Å². The van der Waals surface area contributed by atoms with Gasteiger partial charge in [-0.15, -0.1) is 0 Å². The molecule has 0 aliphatic carbocycles. The summed E-state index contributed by atoms with van der Waals surface area (Å²) in [5.41, 5.74) is 3.92. The van der Waals surface area contributed by atoms with E-state index in [1.807, 2.05) is 32.1 Å². The van der Waals surface area contributed by atoms with Crippen molar-refractivity contribution >= 4 is 9.84 Å². The average molecular weight is 318 g/mol. The first-order valence-electron chi connectivity index (χ1n) is 7.05. The van der Waals surface area contributed by atoms with Crippen LogP contribution in [-0.4, -0.2) is 23.4 Å². The van der Waals surface area contributed by atoms with Gasteiger partial charge in [0.25, 0.3) is 0 Å². The molecule has 3 rings (SSSR count). The number of aromatic hydroxyl groups is 1. The Bertz CT molecular complexity index is 776. The number of nitrogens with one attached hydrogen (secondary N) is 1. The molecule has 1 atom stereocenters. The Balaban J connectivity index is 2.13. The van der Waals surface area contributed by atoms with E-state index in [-0.39, 0.29) is 16.6 Å². The van der Waals surface area contributed by atoms with Crippen molar-refractivity contribution in [1.29, 1.82) is 0 Å². The molecule has 2 heterocycles. The van der Waals surface area contributed by atoms with E-state index in [1.54, 1.807) is 17.3 Å². The molecule has 0 saturated carbocycles. The summed E-state index contributed by atoms with van der Waals surface area (Å²) in [6, 6.07) is 5.63. The van der Waals surface area contributed by atoms with Gasteiger partial charge in [0.1, 0.15) is 5.75 Å². The number of fused-ring (bicyclic) bond motifs is 1. The van der Waals surface area contributed by atoms with Crippen LogP contribution in [0.15, 0.2) is 65.4 Å². The van der Waals surface area contributed by atoms with E-state index in [0.29, 0.717) is 0 Å². The van der Waals surface area contributed by atoms with E-state index in [9.17, 15) is 13.5 Å². The van der Waals surface area contributed by atoms with Crippen molar-refractivity contribution in [2.45, 2.75) is 23.6 Å². The number of sulfone groups is 1. The number of hydrogen-bond donors (Lipinski definition) is 2.